The van der Waals surface area contributed by atoms with Crippen molar-refractivity contribution in [3.05, 3.63) is 17.5 Å². The summed E-state index contributed by atoms with van der Waals surface area (Å²) in [4.78, 5) is 10.5. The molecule has 5 heteroatoms. The Morgan fingerprint density at radius 1 is 1.56 bits per heavy atom. The predicted molar refractivity (Wildman–Crippen MR) is 63.9 cm³/mol. The van der Waals surface area contributed by atoms with E-state index in [2.05, 4.69) is 14.9 Å². The van der Waals surface area contributed by atoms with Crippen molar-refractivity contribution < 1.29 is 4.74 Å². The second-order valence-electron chi connectivity index (χ2n) is 3.87. The molecule has 0 saturated carbocycles. The van der Waals surface area contributed by atoms with Crippen molar-refractivity contribution in [3.8, 4) is 0 Å². The third-order valence-corrected chi connectivity index (χ3v) is 2.88. The second kappa shape index (κ2) is 5.46. The zero-order chi connectivity index (χ0) is 11.4. The summed E-state index contributed by atoms with van der Waals surface area (Å²) in [6.07, 6.45) is 5.85. The fraction of sp³-hybridized carbons (Fsp3) is 0.636. The number of hydrogen-bond acceptors (Lipinski definition) is 4. The highest BCUT2D eigenvalue weighted by Crippen LogP contribution is 2.19. The predicted octanol–water partition coefficient (Wildman–Crippen LogP) is 2.14. The Kier molecular flexibility index (Phi) is 3.96. The van der Waals surface area contributed by atoms with E-state index in [1.54, 1.807) is 12.4 Å². The van der Waals surface area contributed by atoms with Gasteiger partial charge >= 0.3 is 0 Å². The van der Waals surface area contributed by atoms with Gasteiger partial charge in [0.2, 0.25) is 0 Å². The van der Waals surface area contributed by atoms with Crippen LogP contribution in [0.5, 0.6) is 0 Å². The number of hydrogen-bond donors (Lipinski definition) is 0. The van der Waals surface area contributed by atoms with Crippen LogP contribution < -0.4 is 4.90 Å². The summed E-state index contributed by atoms with van der Waals surface area (Å²) in [6.45, 7) is 4.67. The van der Waals surface area contributed by atoms with Crippen LogP contribution in [-0.2, 0) is 4.74 Å². The Morgan fingerprint density at radius 3 is 3.19 bits per heavy atom. The molecule has 1 saturated heterocycles. The molecule has 0 bridgehead atoms. The van der Waals surface area contributed by atoms with Crippen LogP contribution in [0.25, 0.3) is 0 Å². The molecule has 1 aliphatic heterocycles. The monoisotopic (exact) mass is 241 g/mol. The maximum Gasteiger partial charge on any atom is 0.149 e. The summed E-state index contributed by atoms with van der Waals surface area (Å²) in [5.41, 5.74) is 0. The fourth-order valence-electron chi connectivity index (χ4n) is 2.00. The van der Waals surface area contributed by atoms with E-state index >= 15 is 0 Å². The van der Waals surface area contributed by atoms with Crippen molar-refractivity contribution in [3.63, 3.8) is 0 Å². The Labute approximate surface area is 101 Å². The number of halogens is 1. The number of aromatic nitrogens is 2. The Balaban J connectivity index is 2.03. The molecule has 88 valence electrons. The summed E-state index contributed by atoms with van der Waals surface area (Å²) in [5.74, 6) is 0.844. The maximum absolute atomic E-state index is 5.83. The van der Waals surface area contributed by atoms with Gasteiger partial charge in [0, 0.05) is 19.7 Å². The van der Waals surface area contributed by atoms with Crippen LogP contribution in [0.3, 0.4) is 0 Å². The summed E-state index contributed by atoms with van der Waals surface area (Å²) in [6, 6.07) is 0. The van der Waals surface area contributed by atoms with Crippen molar-refractivity contribution in [1.29, 1.82) is 0 Å². The maximum atomic E-state index is 5.83. The first-order valence-electron chi connectivity index (χ1n) is 5.63. The van der Waals surface area contributed by atoms with E-state index in [9.17, 15) is 0 Å². The molecule has 0 radical (unpaired) electrons. The van der Waals surface area contributed by atoms with Gasteiger partial charge in [-0.3, -0.25) is 4.98 Å². The van der Waals surface area contributed by atoms with Gasteiger partial charge in [0.05, 0.1) is 18.5 Å². The standard InChI is InChI=1S/C11H16ClN3O/c1-2-16-9-4-3-5-15(8-9)11-7-13-6-10(12)14-11/h6-7,9H,2-5,8H2,1H3. The van der Waals surface area contributed by atoms with E-state index in [0.29, 0.717) is 11.3 Å². The van der Waals surface area contributed by atoms with E-state index in [1.807, 2.05) is 6.92 Å². The lowest BCUT2D eigenvalue weighted by Crippen LogP contribution is -2.40. The molecule has 1 aromatic rings. The molecule has 1 unspecified atom stereocenters. The SMILES string of the molecule is CCOC1CCCN(c2cncc(Cl)n2)C1. The number of anilines is 1. The molecule has 0 amide bonds. The Bertz CT molecular complexity index is 346. The molecule has 0 aliphatic carbocycles. The lowest BCUT2D eigenvalue weighted by molar-refractivity contribution is 0.0525. The highest BCUT2D eigenvalue weighted by atomic mass is 35.5. The molecular formula is C11H16ClN3O. The molecule has 1 aromatic heterocycles. The average Bonchev–Trinajstić information content (AvgIpc) is 2.30. The minimum Gasteiger partial charge on any atom is -0.377 e. The molecule has 1 fully saturated rings. The van der Waals surface area contributed by atoms with Gasteiger partial charge in [0.25, 0.3) is 0 Å². The molecule has 2 rings (SSSR count). The van der Waals surface area contributed by atoms with Crippen LogP contribution in [0.4, 0.5) is 5.82 Å². The third kappa shape index (κ3) is 2.83. The lowest BCUT2D eigenvalue weighted by Gasteiger charge is -2.33. The fourth-order valence-corrected chi connectivity index (χ4v) is 2.15. The molecule has 4 nitrogen and oxygen atoms in total. The van der Waals surface area contributed by atoms with Gasteiger partial charge in [-0.15, -0.1) is 0 Å². The number of rotatable bonds is 3. The first-order chi connectivity index (χ1) is 7.79. The van der Waals surface area contributed by atoms with Crippen molar-refractivity contribution in [1.82, 2.24) is 9.97 Å². The van der Waals surface area contributed by atoms with E-state index in [1.165, 1.54) is 0 Å². The van der Waals surface area contributed by atoms with Crippen molar-refractivity contribution in [2.45, 2.75) is 25.9 Å². The molecule has 1 atom stereocenters. The van der Waals surface area contributed by atoms with E-state index in [4.69, 9.17) is 16.3 Å². The van der Waals surface area contributed by atoms with E-state index in [0.717, 1.165) is 38.4 Å². The minimum absolute atomic E-state index is 0.305. The van der Waals surface area contributed by atoms with Crippen molar-refractivity contribution in [2.24, 2.45) is 0 Å². The van der Waals surface area contributed by atoms with Crippen molar-refractivity contribution >= 4 is 17.4 Å². The number of nitrogens with zero attached hydrogens (tertiary/aromatic N) is 3. The lowest BCUT2D eigenvalue weighted by atomic mass is 10.1. The number of ether oxygens (including phenoxy) is 1. The largest absolute Gasteiger partial charge is 0.377 e. The topological polar surface area (TPSA) is 38.2 Å². The van der Waals surface area contributed by atoms with Gasteiger partial charge in [0.15, 0.2) is 0 Å². The van der Waals surface area contributed by atoms with Gasteiger partial charge in [-0.2, -0.15) is 0 Å². The normalized spacial score (nSPS) is 21.1. The van der Waals surface area contributed by atoms with Gasteiger partial charge in [-0.25, -0.2) is 4.98 Å². The molecule has 0 aromatic carbocycles. The van der Waals surface area contributed by atoms with Crippen LogP contribution in [0, 0.1) is 0 Å². The molecule has 0 N–H and O–H groups in total. The second-order valence-corrected chi connectivity index (χ2v) is 4.25. The first kappa shape index (κ1) is 11.6. The zero-order valence-electron chi connectivity index (χ0n) is 9.40. The smallest absolute Gasteiger partial charge is 0.149 e. The summed E-state index contributed by atoms with van der Waals surface area (Å²) < 4.78 is 5.64. The summed E-state index contributed by atoms with van der Waals surface area (Å²) in [5, 5.41) is 0.441. The van der Waals surface area contributed by atoms with Crippen LogP contribution in [0.2, 0.25) is 5.15 Å². The molecule has 1 aliphatic rings. The zero-order valence-corrected chi connectivity index (χ0v) is 10.2. The van der Waals surface area contributed by atoms with E-state index < -0.39 is 0 Å². The quantitative estimate of drug-likeness (QED) is 0.813. The number of piperidine rings is 1. The van der Waals surface area contributed by atoms with Crippen LogP contribution in [0.15, 0.2) is 12.4 Å². The van der Waals surface area contributed by atoms with Crippen LogP contribution in [0.1, 0.15) is 19.8 Å². The van der Waals surface area contributed by atoms with Crippen LogP contribution in [-0.4, -0.2) is 35.8 Å². The summed E-state index contributed by atoms with van der Waals surface area (Å²) in [7, 11) is 0. The van der Waals surface area contributed by atoms with Gasteiger partial charge < -0.3 is 9.64 Å². The summed E-state index contributed by atoms with van der Waals surface area (Å²) >= 11 is 5.83. The Hall–Kier alpha value is -0.870. The first-order valence-corrected chi connectivity index (χ1v) is 6.01. The van der Waals surface area contributed by atoms with Crippen molar-refractivity contribution in [2.75, 3.05) is 24.6 Å². The van der Waals surface area contributed by atoms with Gasteiger partial charge in [0.1, 0.15) is 11.0 Å². The molecule has 2 heterocycles. The molecule has 16 heavy (non-hydrogen) atoms. The minimum atomic E-state index is 0.305. The van der Waals surface area contributed by atoms with Crippen LogP contribution >= 0.6 is 11.6 Å². The van der Waals surface area contributed by atoms with E-state index in [-0.39, 0.29) is 0 Å². The third-order valence-electron chi connectivity index (χ3n) is 2.70. The molecule has 0 spiro atoms. The highest BCUT2D eigenvalue weighted by Gasteiger charge is 2.21. The van der Waals surface area contributed by atoms with Gasteiger partial charge in [-0.05, 0) is 19.8 Å². The highest BCUT2D eigenvalue weighted by molar-refractivity contribution is 6.29. The van der Waals surface area contributed by atoms with Gasteiger partial charge in [-0.1, -0.05) is 11.6 Å². The molecular weight excluding hydrogens is 226 g/mol. The average molecular weight is 242 g/mol. The Morgan fingerprint density at radius 2 is 2.44 bits per heavy atom.